The number of nitrogens with two attached hydrogens (primary N) is 1. The number of piperidine rings is 3. The fourth-order valence-electron chi connectivity index (χ4n) is 2.85. The van der Waals surface area contributed by atoms with Crippen LogP contribution in [0.1, 0.15) is 24.6 Å². The van der Waals surface area contributed by atoms with E-state index < -0.39 is 0 Å². The van der Waals surface area contributed by atoms with Crippen molar-refractivity contribution in [2.45, 2.75) is 25.3 Å². The maximum absolute atomic E-state index is 6.45. The maximum atomic E-state index is 6.45. The SMILES string of the molecule is Cc1nc(C2(N)CN3CCC2CC3)no1. The molecule has 3 saturated heterocycles. The van der Waals surface area contributed by atoms with Crippen LogP contribution in [0.15, 0.2) is 4.52 Å². The van der Waals surface area contributed by atoms with Gasteiger partial charge in [0.15, 0.2) is 5.82 Å². The standard InChI is InChI=1S/C10H16N4O/c1-7-12-9(13-15-7)10(11)6-14-4-2-8(10)3-5-14/h8H,2-6,11H2,1H3. The Balaban J connectivity index is 1.96. The Hall–Kier alpha value is -0.940. The van der Waals surface area contributed by atoms with E-state index in [1.165, 1.54) is 13.1 Å². The number of hydrogen-bond donors (Lipinski definition) is 1. The average molecular weight is 208 g/mol. The van der Waals surface area contributed by atoms with Gasteiger partial charge in [0.1, 0.15) is 0 Å². The van der Waals surface area contributed by atoms with Crippen molar-refractivity contribution < 1.29 is 4.52 Å². The zero-order valence-corrected chi connectivity index (χ0v) is 8.94. The Labute approximate surface area is 88.6 Å². The average Bonchev–Trinajstić information content (AvgIpc) is 2.67. The van der Waals surface area contributed by atoms with Crippen LogP contribution >= 0.6 is 0 Å². The fourth-order valence-corrected chi connectivity index (χ4v) is 2.85. The number of aryl methyl sites for hydroxylation is 1. The molecule has 3 aliphatic heterocycles. The fraction of sp³-hybridized carbons (Fsp3) is 0.800. The summed E-state index contributed by atoms with van der Waals surface area (Å²) in [5.74, 6) is 1.81. The third-order valence-corrected chi connectivity index (χ3v) is 3.75. The predicted octanol–water partition coefficient (Wildman–Crippen LogP) is 0.258. The van der Waals surface area contributed by atoms with Gasteiger partial charge >= 0.3 is 0 Å². The van der Waals surface area contributed by atoms with E-state index in [1.807, 2.05) is 0 Å². The molecule has 0 saturated carbocycles. The molecule has 4 rings (SSSR count). The molecular weight excluding hydrogens is 192 g/mol. The zero-order chi connectivity index (χ0) is 10.5. The molecule has 5 heteroatoms. The van der Waals surface area contributed by atoms with Crippen LogP contribution in [0, 0.1) is 12.8 Å². The van der Waals surface area contributed by atoms with Crippen LogP contribution in [0.3, 0.4) is 0 Å². The van der Waals surface area contributed by atoms with E-state index in [0.717, 1.165) is 19.4 Å². The van der Waals surface area contributed by atoms with Gasteiger partial charge < -0.3 is 15.2 Å². The van der Waals surface area contributed by atoms with Gasteiger partial charge in [0, 0.05) is 13.5 Å². The van der Waals surface area contributed by atoms with Crippen molar-refractivity contribution in [2.75, 3.05) is 19.6 Å². The summed E-state index contributed by atoms with van der Waals surface area (Å²) in [7, 11) is 0. The summed E-state index contributed by atoms with van der Waals surface area (Å²) in [4.78, 5) is 6.69. The van der Waals surface area contributed by atoms with Gasteiger partial charge in [-0.05, 0) is 31.8 Å². The van der Waals surface area contributed by atoms with Crippen molar-refractivity contribution in [3.05, 3.63) is 11.7 Å². The third kappa shape index (κ3) is 1.30. The molecule has 0 amide bonds. The van der Waals surface area contributed by atoms with E-state index in [1.54, 1.807) is 6.92 Å². The first kappa shape index (κ1) is 9.30. The second kappa shape index (κ2) is 3.02. The number of fused-ring (bicyclic) bond motifs is 3. The van der Waals surface area contributed by atoms with Gasteiger partial charge in [-0.25, -0.2) is 0 Å². The highest BCUT2D eigenvalue weighted by Gasteiger charge is 2.47. The van der Waals surface area contributed by atoms with E-state index in [4.69, 9.17) is 10.3 Å². The number of nitrogens with zero attached hydrogens (tertiary/aromatic N) is 3. The van der Waals surface area contributed by atoms with E-state index in [2.05, 4.69) is 15.0 Å². The van der Waals surface area contributed by atoms with Crippen LogP contribution in [-0.2, 0) is 5.54 Å². The summed E-state index contributed by atoms with van der Waals surface area (Å²) < 4.78 is 5.03. The van der Waals surface area contributed by atoms with E-state index in [9.17, 15) is 0 Å². The quantitative estimate of drug-likeness (QED) is 0.717. The molecule has 82 valence electrons. The molecule has 1 atom stereocenters. The summed E-state index contributed by atoms with van der Waals surface area (Å²) in [6, 6.07) is 0. The van der Waals surface area contributed by atoms with Crippen molar-refractivity contribution in [2.24, 2.45) is 11.7 Å². The van der Waals surface area contributed by atoms with Crippen LogP contribution in [-0.4, -0.2) is 34.7 Å². The minimum absolute atomic E-state index is 0.381. The number of rotatable bonds is 1. The Bertz CT molecular complexity index is 369. The van der Waals surface area contributed by atoms with Gasteiger partial charge in [0.2, 0.25) is 5.89 Å². The zero-order valence-electron chi connectivity index (χ0n) is 8.94. The topological polar surface area (TPSA) is 68.2 Å². The van der Waals surface area contributed by atoms with Gasteiger partial charge in [-0.3, -0.25) is 0 Å². The van der Waals surface area contributed by atoms with E-state index in [-0.39, 0.29) is 5.54 Å². The first-order valence-electron chi connectivity index (χ1n) is 5.50. The molecule has 4 heterocycles. The highest BCUT2D eigenvalue weighted by Crippen LogP contribution is 2.39. The highest BCUT2D eigenvalue weighted by atomic mass is 16.5. The molecule has 0 aliphatic carbocycles. The Morgan fingerprint density at radius 2 is 2.20 bits per heavy atom. The Kier molecular flexibility index (Phi) is 1.87. The maximum Gasteiger partial charge on any atom is 0.223 e. The lowest BCUT2D eigenvalue weighted by Gasteiger charge is -2.49. The second-order valence-corrected chi connectivity index (χ2v) is 4.73. The molecule has 0 aromatic carbocycles. The van der Waals surface area contributed by atoms with Crippen LogP contribution in [0.5, 0.6) is 0 Å². The molecule has 0 radical (unpaired) electrons. The first-order chi connectivity index (χ1) is 7.18. The van der Waals surface area contributed by atoms with Crippen LogP contribution in [0.2, 0.25) is 0 Å². The molecular formula is C10H16N4O. The minimum atomic E-state index is -0.381. The van der Waals surface area contributed by atoms with Gasteiger partial charge in [-0.2, -0.15) is 4.98 Å². The van der Waals surface area contributed by atoms with Crippen molar-refractivity contribution in [1.82, 2.24) is 15.0 Å². The number of aromatic nitrogens is 2. The molecule has 0 spiro atoms. The minimum Gasteiger partial charge on any atom is -0.340 e. The summed E-state index contributed by atoms with van der Waals surface area (Å²) in [6.45, 7) is 5.01. The molecule has 2 bridgehead atoms. The third-order valence-electron chi connectivity index (χ3n) is 3.75. The van der Waals surface area contributed by atoms with Crippen LogP contribution < -0.4 is 5.73 Å². The lowest BCUT2D eigenvalue weighted by atomic mass is 9.73. The molecule has 1 aromatic heterocycles. The Morgan fingerprint density at radius 3 is 2.67 bits per heavy atom. The van der Waals surface area contributed by atoms with Crippen molar-refractivity contribution >= 4 is 0 Å². The smallest absolute Gasteiger partial charge is 0.223 e. The first-order valence-corrected chi connectivity index (χ1v) is 5.50. The van der Waals surface area contributed by atoms with Gasteiger partial charge in [-0.15, -0.1) is 0 Å². The van der Waals surface area contributed by atoms with E-state index >= 15 is 0 Å². The molecule has 1 aromatic rings. The van der Waals surface area contributed by atoms with E-state index in [0.29, 0.717) is 17.6 Å². The molecule has 3 aliphatic rings. The molecule has 15 heavy (non-hydrogen) atoms. The molecule has 5 nitrogen and oxygen atoms in total. The summed E-state index contributed by atoms with van der Waals surface area (Å²) in [5.41, 5.74) is 6.07. The van der Waals surface area contributed by atoms with Crippen molar-refractivity contribution in [3.8, 4) is 0 Å². The molecule has 1 unspecified atom stereocenters. The highest BCUT2D eigenvalue weighted by molar-refractivity contribution is 5.12. The van der Waals surface area contributed by atoms with Crippen LogP contribution in [0.25, 0.3) is 0 Å². The van der Waals surface area contributed by atoms with Gasteiger partial charge in [0.05, 0.1) is 5.54 Å². The summed E-state index contributed by atoms with van der Waals surface area (Å²) in [5, 5.41) is 3.99. The predicted molar refractivity (Wildman–Crippen MR) is 54.1 cm³/mol. The summed E-state index contributed by atoms with van der Waals surface area (Å²) in [6.07, 6.45) is 2.31. The van der Waals surface area contributed by atoms with Gasteiger partial charge in [0.25, 0.3) is 0 Å². The normalized spacial score (nSPS) is 39.6. The molecule has 2 N–H and O–H groups in total. The van der Waals surface area contributed by atoms with Crippen molar-refractivity contribution in [1.29, 1.82) is 0 Å². The number of hydrogen-bond acceptors (Lipinski definition) is 5. The van der Waals surface area contributed by atoms with Crippen molar-refractivity contribution in [3.63, 3.8) is 0 Å². The second-order valence-electron chi connectivity index (χ2n) is 4.73. The lowest BCUT2D eigenvalue weighted by Crippen LogP contribution is -2.62. The monoisotopic (exact) mass is 208 g/mol. The Morgan fingerprint density at radius 1 is 1.47 bits per heavy atom. The largest absolute Gasteiger partial charge is 0.340 e. The molecule has 3 fully saturated rings. The summed E-state index contributed by atoms with van der Waals surface area (Å²) >= 11 is 0. The lowest BCUT2D eigenvalue weighted by molar-refractivity contribution is 0.0207. The van der Waals surface area contributed by atoms with Crippen LogP contribution in [0.4, 0.5) is 0 Å². The van der Waals surface area contributed by atoms with Gasteiger partial charge in [-0.1, -0.05) is 5.16 Å².